The number of hydrogen-bond donors (Lipinski definition) is 2. The van der Waals surface area contributed by atoms with Crippen LogP contribution in [0.4, 0.5) is 0 Å². The Balaban J connectivity index is 1.90. The number of ether oxygens (including phenoxy) is 2. The fourth-order valence-corrected chi connectivity index (χ4v) is 2.31. The van der Waals surface area contributed by atoms with Crippen LogP contribution in [0.15, 0.2) is 48.5 Å². The van der Waals surface area contributed by atoms with E-state index in [1.807, 2.05) is 24.3 Å². The number of benzene rings is 2. The Morgan fingerprint density at radius 2 is 1.88 bits per heavy atom. The van der Waals surface area contributed by atoms with E-state index in [0.29, 0.717) is 31.1 Å². The third kappa shape index (κ3) is 5.93. The van der Waals surface area contributed by atoms with E-state index >= 15 is 0 Å². The summed E-state index contributed by atoms with van der Waals surface area (Å²) in [6.45, 7) is 1.30. The third-order valence-electron chi connectivity index (χ3n) is 3.54. The molecule has 0 radical (unpaired) electrons. The molecule has 0 aromatic heterocycles. The van der Waals surface area contributed by atoms with Gasteiger partial charge in [-0.2, -0.15) is 0 Å². The molecule has 0 unspecified atom stereocenters. The van der Waals surface area contributed by atoms with E-state index in [0.717, 1.165) is 5.56 Å². The highest BCUT2D eigenvalue weighted by Crippen LogP contribution is 2.14. The Morgan fingerprint density at radius 1 is 1.08 bits per heavy atom. The van der Waals surface area contributed by atoms with Crippen LogP contribution in [0.5, 0.6) is 5.75 Å². The number of carbonyl (C=O) groups is 2. The summed E-state index contributed by atoms with van der Waals surface area (Å²) in [7, 11) is 1.61. The van der Waals surface area contributed by atoms with Gasteiger partial charge in [0.2, 0.25) is 5.91 Å². The zero-order valence-electron chi connectivity index (χ0n) is 14.0. The average molecular weight is 343 g/mol. The Kier molecular flexibility index (Phi) is 6.98. The Bertz CT molecular complexity index is 729. The lowest BCUT2D eigenvalue weighted by Gasteiger charge is -2.10. The van der Waals surface area contributed by atoms with E-state index in [-0.39, 0.29) is 17.9 Å². The van der Waals surface area contributed by atoms with Crippen LogP contribution in [0.3, 0.4) is 0 Å². The maximum atomic E-state index is 12.1. The van der Waals surface area contributed by atoms with E-state index in [2.05, 4.69) is 5.32 Å². The summed E-state index contributed by atoms with van der Waals surface area (Å²) >= 11 is 0. The number of carbonyl (C=O) groups excluding carboxylic acids is 1. The molecule has 25 heavy (non-hydrogen) atoms. The number of methoxy groups -OCH3 is 1. The molecule has 6 heteroatoms. The number of carboxylic acid groups (broad SMARTS) is 1. The monoisotopic (exact) mass is 343 g/mol. The third-order valence-corrected chi connectivity index (χ3v) is 3.54. The molecule has 132 valence electrons. The molecule has 0 bridgehead atoms. The molecule has 2 aromatic rings. The molecule has 0 aliphatic carbocycles. The molecule has 0 aliphatic rings. The van der Waals surface area contributed by atoms with Gasteiger partial charge in [0.05, 0.1) is 18.6 Å². The molecule has 1 amide bonds. The zero-order valence-corrected chi connectivity index (χ0v) is 14.0. The van der Waals surface area contributed by atoms with Crippen LogP contribution in [-0.4, -0.2) is 37.3 Å². The highest BCUT2D eigenvalue weighted by atomic mass is 16.5. The highest BCUT2D eigenvalue weighted by Gasteiger charge is 2.12. The van der Waals surface area contributed by atoms with Gasteiger partial charge in [-0.1, -0.05) is 30.3 Å². The van der Waals surface area contributed by atoms with Gasteiger partial charge in [-0.05, 0) is 29.3 Å². The van der Waals surface area contributed by atoms with Gasteiger partial charge in [0.15, 0.2) is 0 Å². The van der Waals surface area contributed by atoms with Crippen molar-refractivity contribution in [1.29, 1.82) is 0 Å². The number of amides is 1. The minimum atomic E-state index is -1.04. The summed E-state index contributed by atoms with van der Waals surface area (Å²) in [4.78, 5) is 23.3. The number of rotatable bonds is 9. The van der Waals surface area contributed by atoms with E-state index in [1.165, 1.54) is 6.07 Å². The second kappa shape index (κ2) is 9.44. The van der Waals surface area contributed by atoms with Crippen LogP contribution in [0.1, 0.15) is 21.5 Å². The van der Waals surface area contributed by atoms with Gasteiger partial charge in [0.1, 0.15) is 12.4 Å². The number of hydrogen-bond acceptors (Lipinski definition) is 4. The SMILES string of the molecule is COCCOc1cccc(CNC(=O)Cc2ccccc2C(=O)O)c1. The summed E-state index contributed by atoms with van der Waals surface area (Å²) < 4.78 is 10.5. The molecule has 0 saturated carbocycles. The molecule has 0 spiro atoms. The first-order valence-corrected chi connectivity index (χ1v) is 7.88. The van der Waals surface area contributed by atoms with Crippen molar-refractivity contribution >= 4 is 11.9 Å². The van der Waals surface area contributed by atoms with Gasteiger partial charge >= 0.3 is 5.97 Å². The fourth-order valence-electron chi connectivity index (χ4n) is 2.31. The molecule has 0 atom stereocenters. The highest BCUT2D eigenvalue weighted by molar-refractivity contribution is 5.91. The number of aromatic carboxylic acids is 1. The van der Waals surface area contributed by atoms with Gasteiger partial charge in [-0.15, -0.1) is 0 Å². The van der Waals surface area contributed by atoms with E-state index in [4.69, 9.17) is 14.6 Å². The molecular formula is C19H21NO5. The topological polar surface area (TPSA) is 84.9 Å². The lowest BCUT2D eigenvalue weighted by Crippen LogP contribution is -2.25. The Labute approximate surface area is 146 Å². The molecule has 0 heterocycles. The van der Waals surface area contributed by atoms with Crippen LogP contribution < -0.4 is 10.1 Å². The van der Waals surface area contributed by atoms with Crippen LogP contribution in [0, 0.1) is 0 Å². The predicted molar refractivity (Wildman–Crippen MR) is 92.8 cm³/mol. The second-order valence-corrected chi connectivity index (χ2v) is 5.40. The standard InChI is InChI=1S/C19H21NO5/c1-24-9-10-25-16-7-4-5-14(11-16)13-20-18(21)12-15-6-2-3-8-17(15)19(22)23/h2-8,11H,9-10,12-13H2,1H3,(H,20,21)(H,22,23). The van der Waals surface area contributed by atoms with Gasteiger partial charge < -0.3 is 19.9 Å². The van der Waals surface area contributed by atoms with Gasteiger partial charge in [0, 0.05) is 13.7 Å². The Hall–Kier alpha value is -2.86. The summed E-state index contributed by atoms with van der Waals surface area (Å²) in [5.41, 5.74) is 1.53. The molecule has 0 aliphatic heterocycles. The van der Waals surface area contributed by atoms with Crippen molar-refractivity contribution in [2.45, 2.75) is 13.0 Å². The van der Waals surface area contributed by atoms with Crippen LogP contribution in [0.25, 0.3) is 0 Å². The summed E-state index contributed by atoms with van der Waals surface area (Å²) in [5, 5.41) is 11.9. The average Bonchev–Trinajstić information content (AvgIpc) is 2.61. The van der Waals surface area contributed by atoms with E-state index in [9.17, 15) is 9.59 Å². The molecule has 2 N–H and O–H groups in total. The molecular weight excluding hydrogens is 322 g/mol. The largest absolute Gasteiger partial charge is 0.491 e. The van der Waals surface area contributed by atoms with Crippen molar-refractivity contribution in [2.24, 2.45) is 0 Å². The minimum absolute atomic E-state index is 0.0203. The first kappa shape index (κ1) is 18.5. The predicted octanol–water partition coefficient (Wildman–Crippen LogP) is 2.27. The van der Waals surface area contributed by atoms with Gasteiger partial charge in [0.25, 0.3) is 0 Å². The van der Waals surface area contributed by atoms with Crippen molar-refractivity contribution in [3.05, 3.63) is 65.2 Å². The molecule has 2 aromatic carbocycles. The fraction of sp³-hybridized carbons (Fsp3) is 0.263. The number of carboxylic acids is 1. The lowest BCUT2D eigenvalue weighted by molar-refractivity contribution is -0.120. The van der Waals surface area contributed by atoms with Crippen molar-refractivity contribution < 1.29 is 24.2 Å². The maximum Gasteiger partial charge on any atom is 0.335 e. The summed E-state index contributed by atoms with van der Waals surface area (Å²) in [5.74, 6) is -0.566. The molecule has 0 saturated heterocycles. The van der Waals surface area contributed by atoms with Crippen molar-refractivity contribution in [1.82, 2.24) is 5.32 Å². The van der Waals surface area contributed by atoms with E-state index in [1.54, 1.807) is 25.3 Å². The quantitative estimate of drug-likeness (QED) is 0.682. The van der Waals surface area contributed by atoms with E-state index < -0.39 is 5.97 Å². The molecule has 6 nitrogen and oxygen atoms in total. The number of nitrogens with one attached hydrogen (secondary N) is 1. The van der Waals surface area contributed by atoms with Crippen molar-refractivity contribution in [2.75, 3.05) is 20.3 Å². The summed E-state index contributed by atoms with van der Waals surface area (Å²) in [6.07, 6.45) is 0.0203. The van der Waals surface area contributed by atoms with Crippen molar-refractivity contribution in [3.8, 4) is 5.75 Å². The first-order valence-electron chi connectivity index (χ1n) is 7.88. The Morgan fingerprint density at radius 3 is 2.64 bits per heavy atom. The minimum Gasteiger partial charge on any atom is -0.491 e. The van der Waals surface area contributed by atoms with Crippen molar-refractivity contribution in [3.63, 3.8) is 0 Å². The lowest BCUT2D eigenvalue weighted by atomic mass is 10.0. The van der Waals surface area contributed by atoms with Crippen LogP contribution in [0.2, 0.25) is 0 Å². The summed E-state index contributed by atoms with van der Waals surface area (Å²) in [6, 6.07) is 13.9. The first-order chi connectivity index (χ1) is 12.1. The zero-order chi connectivity index (χ0) is 18.1. The molecule has 0 fully saturated rings. The normalized spacial score (nSPS) is 10.3. The molecule has 2 rings (SSSR count). The van der Waals surface area contributed by atoms with Crippen LogP contribution in [-0.2, 0) is 22.5 Å². The van der Waals surface area contributed by atoms with Crippen LogP contribution >= 0.6 is 0 Å². The second-order valence-electron chi connectivity index (χ2n) is 5.40. The van der Waals surface area contributed by atoms with Gasteiger partial charge in [-0.3, -0.25) is 4.79 Å². The van der Waals surface area contributed by atoms with Gasteiger partial charge in [-0.25, -0.2) is 4.79 Å². The smallest absolute Gasteiger partial charge is 0.335 e. The maximum absolute atomic E-state index is 12.1.